The number of Topliss-reactive ketones (excluding diaryl/α,β-unsaturated/α-hetero) is 1. The lowest BCUT2D eigenvalue weighted by molar-refractivity contribution is -0.124. The Labute approximate surface area is 131 Å². The van der Waals surface area contributed by atoms with Gasteiger partial charge in [-0.15, -0.1) is 0 Å². The molecule has 2 heterocycles. The van der Waals surface area contributed by atoms with Gasteiger partial charge < -0.3 is 4.98 Å². The number of rotatable bonds is 6. The van der Waals surface area contributed by atoms with Gasteiger partial charge in [0, 0.05) is 37.7 Å². The number of hydrogen-bond donors (Lipinski definition) is 1. The SMILES string of the molecule is O=C(CCc1ncc[nH]1)C1CCN(Cc2ccccc2)CC1. The molecular formula is C18H23N3O. The maximum Gasteiger partial charge on any atom is 0.136 e. The number of aromatic nitrogens is 2. The average Bonchev–Trinajstić information content (AvgIpc) is 3.08. The fourth-order valence-corrected chi connectivity index (χ4v) is 3.14. The molecule has 1 aromatic heterocycles. The van der Waals surface area contributed by atoms with Gasteiger partial charge in [0.05, 0.1) is 0 Å². The number of H-pyrrole nitrogens is 1. The summed E-state index contributed by atoms with van der Waals surface area (Å²) in [5.74, 6) is 1.55. The minimum Gasteiger partial charge on any atom is -0.349 e. The van der Waals surface area contributed by atoms with Gasteiger partial charge in [0.15, 0.2) is 0 Å². The van der Waals surface area contributed by atoms with Crippen molar-refractivity contribution in [3.05, 3.63) is 54.1 Å². The summed E-state index contributed by atoms with van der Waals surface area (Å²) >= 11 is 0. The van der Waals surface area contributed by atoms with Crippen LogP contribution in [0, 0.1) is 5.92 Å². The Hall–Kier alpha value is -1.94. The third-order valence-electron chi connectivity index (χ3n) is 4.45. The molecule has 3 rings (SSSR count). The van der Waals surface area contributed by atoms with E-state index in [1.807, 2.05) is 12.3 Å². The molecule has 0 spiro atoms. The van der Waals surface area contributed by atoms with Gasteiger partial charge in [0.1, 0.15) is 11.6 Å². The molecule has 0 bridgehead atoms. The second kappa shape index (κ2) is 7.36. The quantitative estimate of drug-likeness (QED) is 0.892. The van der Waals surface area contributed by atoms with E-state index >= 15 is 0 Å². The molecule has 0 amide bonds. The zero-order valence-corrected chi connectivity index (χ0v) is 12.9. The van der Waals surface area contributed by atoms with Crippen molar-refractivity contribution in [3.63, 3.8) is 0 Å². The number of nitrogens with one attached hydrogen (secondary N) is 1. The van der Waals surface area contributed by atoms with Crippen LogP contribution >= 0.6 is 0 Å². The van der Waals surface area contributed by atoms with Gasteiger partial charge in [-0.25, -0.2) is 4.98 Å². The molecule has 1 fully saturated rings. The molecule has 0 saturated carbocycles. The highest BCUT2D eigenvalue weighted by atomic mass is 16.1. The molecule has 2 aromatic rings. The molecule has 0 unspecified atom stereocenters. The van der Waals surface area contributed by atoms with Crippen molar-refractivity contribution in [2.75, 3.05) is 13.1 Å². The monoisotopic (exact) mass is 297 g/mol. The van der Waals surface area contributed by atoms with Crippen molar-refractivity contribution in [3.8, 4) is 0 Å². The second-order valence-corrected chi connectivity index (χ2v) is 6.04. The Bertz CT molecular complexity index is 572. The smallest absolute Gasteiger partial charge is 0.136 e. The van der Waals surface area contributed by atoms with Crippen LogP contribution in [0.5, 0.6) is 0 Å². The largest absolute Gasteiger partial charge is 0.349 e. The minimum absolute atomic E-state index is 0.238. The first-order valence-corrected chi connectivity index (χ1v) is 8.08. The van der Waals surface area contributed by atoms with E-state index in [0.717, 1.165) is 44.7 Å². The summed E-state index contributed by atoms with van der Waals surface area (Å²) in [6.07, 6.45) is 6.87. The van der Waals surface area contributed by atoms with Gasteiger partial charge in [-0.2, -0.15) is 0 Å². The van der Waals surface area contributed by atoms with Crippen molar-refractivity contribution >= 4 is 5.78 Å². The maximum absolute atomic E-state index is 12.3. The van der Waals surface area contributed by atoms with E-state index in [1.165, 1.54) is 5.56 Å². The fourth-order valence-electron chi connectivity index (χ4n) is 3.14. The van der Waals surface area contributed by atoms with E-state index in [-0.39, 0.29) is 5.92 Å². The van der Waals surface area contributed by atoms with Gasteiger partial charge in [0.25, 0.3) is 0 Å². The minimum atomic E-state index is 0.238. The highest BCUT2D eigenvalue weighted by molar-refractivity contribution is 5.81. The van der Waals surface area contributed by atoms with Crippen LogP contribution in [0.1, 0.15) is 30.7 Å². The summed E-state index contributed by atoms with van der Waals surface area (Å²) < 4.78 is 0. The summed E-state index contributed by atoms with van der Waals surface area (Å²) in [5, 5.41) is 0. The molecule has 116 valence electrons. The Balaban J connectivity index is 1.42. The Morgan fingerprint density at radius 3 is 2.68 bits per heavy atom. The summed E-state index contributed by atoms with van der Waals surface area (Å²) in [6, 6.07) is 10.6. The third-order valence-corrected chi connectivity index (χ3v) is 4.45. The van der Waals surface area contributed by atoms with Crippen molar-refractivity contribution in [2.24, 2.45) is 5.92 Å². The first-order valence-electron chi connectivity index (χ1n) is 8.08. The van der Waals surface area contributed by atoms with Crippen LogP contribution in [0.25, 0.3) is 0 Å². The molecule has 4 nitrogen and oxygen atoms in total. The number of nitrogens with zero attached hydrogens (tertiary/aromatic N) is 2. The van der Waals surface area contributed by atoms with Gasteiger partial charge in [-0.3, -0.25) is 9.69 Å². The van der Waals surface area contributed by atoms with E-state index in [1.54, 1.807) is 6.20 Å². The standard InChI is InChI=1S/C18H23N3O/c22-17(6-7-18-19-10-11-20-18)16-8-12-21(13-9-16)14-15-4-2-1-3-5-15/h1-5,10-11,16H,6-9,12-14H2,(H,19,20). The number of hydrogen-bond acceptors (Lipinski definition) is 3. The molecule has 0 radical (unpaired) electrons. The number of imidazole rings is 1. The predicted octanol–water partition coefficient (Wildman–Crippen LogP) is 2.82. The number of carbonyl (C=O) groups excluding carboxylic acids is 1. The average molecular weight is 297 g/mol. The number of piperidine rings is 1. The summed E-state index contributed by atoms with van der Waals surface area (Å²) in [6.45, 7) is 3.03. The van der Waals surface area contributed by atoms with Crippen LogP contribution in [0.3, 0.4) is 0 Å². The van der Waals surface area contributed by atoms with Crippen LogP contribution in [-0.2, 0) is 17.8 Å². The Morgan fingerprint density at radius 1 is 1.23 bits per heavy atom. The van der Waals surface area contributed by atoms with Gasteiger partial charge in [-0.05, 0) is 31.5 Å². The number of aryl methyl sites for hydroxylation is 1. The van der Waals surface area contributed by atoms with E-state index in [9.17, 15) is 4.79 Å². The number of aromatic amines is 1. The highest BCUT2D eigenvalue weighted by Gasteiger charge is 2.24. The van der Waals surface area contributed by atoms with E-state index < -0.39 is 0 Å². The van der Waals surface area contributed by atoms with E-state index in [0.29, 0.717) is 12.2 Å². The molecule has 1 aliphatic heterocycles. The lowest BCUT2D eigenvalue weighted by Crippen LogP contribution is -2.36. The fraction of sp³-hybridized carbons (Fsp3) is 0.444. The number of ketones is 1. The molecule has 22 heavy (non-hydrogen) atoms. The first kappa shape index (κ1) is 15.0. The van der Waals surface area contributed by atoms with Gasteiger partial charge in [-0.1, -0.05) is 30.3 Å². The molecule has 1 N–H and O–H groups in total. The molecule has 0 atom stereocenters. The first-order chi connectivity index (χ1) is 10.8. The molecule has 1 saturated heterocycles. The van der Waals surface area contributed by atoms with Crippen molar-refractivity contribution in [1.82, 2.24) is 14.9 Å². The van der Waals surface area contributed by atoms with Crippen molar-refractivity contribution in [1.29, 1.82) is 0 Å². The molecule has 4 heteroatoms. The summed E-state index contributed by atoms with van der Waals surface area (Å²) in [5.41, 5.74) is 1.35. The van der Waals surface area contributed by atoms with Crippen molar-refractivity contribution in [2.45, 2.75) is 32.2 Å². The number of likely N-dealkylation sites (tertiary alicyclic amines) is 1. The summed E-state index contributed by atoms with van der Waals surface area (Å²) in [7, 11) is 0. The van der Waals surface area contributed by atoms with E-state index in [4.69, 9.17) is 0 Å². The van der Waals surface area contributed by atoms with Crippen LogP contribution in [0.15, 0.2) is 42.7 Å². The number of benzene rings is 1. The maximum atomic E-state index is 12.3. The predicted molar refractivity (Wildman–Crippen MR) is 86.4 cm³/mol. The topological polar surface area (TPSA) is 49.0 Å². The highest BCUT2D eigenvalue weighted by Crippen LogP contribution is 2.21. The normalized spacial score (nSPS) is 16.7. The van der Waals surface area contributed by atoms with Gasteiger partial charge in [0.2, 0.25) is 0 Å². The van der Waals surface area contributed by atoms with Crippen LogP contribution in [0.4, 0.5) is 0 Å². The van der Waals surface area contributed by atoms with Crippen LogP contribution in [-0.4, -0.2) is 33.7 Å². The summed E-state index contributed by atoms with van der Waals surface area (Å²) in [4.78, 5) is 22.0. The lowest BCUT2D eigenvalue weighted by atomic mass is 9.90. The van der Waals surface area contributed by atoms with Crippen LogP contribution < -0.4 is 0 Å². The van der Waals surface area contributed by atoms with Crippen molar-refractivity contribution < 1.29 is 4.79 Å². The van der Waals surface area contributed by atoms with Gasteiger partial charge >= 0.3 is 0 Å². The lowest BCUT2D eigenvalue weighted by Gasteiger charge is -2.31. The van der Waals surface area contributed by atoms with E-state index in [2.05, 4.69) is 39.1 Å². The Kier molecular flexibility index (Phi) is 5.01. The third kappa shape index (κ3) is 4.04. The molecular weight excluding hydrogens is 274 g/mol. The van der Waals surface area contributed by atoms with Crippen LogP contribution in [0.2, 0.25) is 0 Å². The molecule has 1 aromatic carbocycles. The second-order valence-electron chi connectivity index (χ2n) is 6.04. The zero-order chi connectivity index (χ0) is 15.2. The number of carbonyl (C=O) groups is 1. The molecule has 1 aliphatic rings. The Morgan fingerprint density at radius 2 is 2.00 bits per heavy atom. The zero-order valence-electron chi connectivity index (χ0n) is 12.9. The molecule has 0 aliphatic carbocycles.